The standard InChI is InChI=1S/C11H20N4OS2/c1-5-15(7-12)10(16)9(6-18-4)14-11(17)13-8(2)3/h8-9H,5-6H2,1-4H3,(H2,13,14,17). The Balaban J connectivity index is 4.61. The van der Waals surface area contributed by atoms with Crippen LogP contribution < -0.4 is 10.6 Å². The van der Waals surface area contributed by atoms with Crippen molar-refractivity contribution in [3.8, 4) is 6.19 Å². The Morgan fingerprint density at radius 1 is 1.50 bits per heavy atom. The lowest BCUT2D eigenvalue weighted by Crippen LogP contribution is -2.52. The number of amides is 1. The summed E-state index contributed by atoms with van der Waals surface area (Å²) in [5.41, 5.74) is 0. The molecular weight excluding hydrogens is 268 g/mol. The van der Waals surface area contributed by atoms with Crippen molar-refractivity contribution in [3.05, 3.63) is 0 Å². The molecule has 102 valence electrons. The van der Waals surface area contributed by atoms with E-state index in [9.17, 15) is 4.79 Å². The summed E-state index contributed by atoms with van der Waals surface area (Å²) in [5.74, 6) is 0.318. The Hall–Kier alpha value is -1.00. The monoisotopic (exact) mass is 288 g/mol. The van der Waals surface area contributed by atoms with Gasteiger partial charge in [-0.05, 0) is 39.2 Å². The van der Waals surface area contributed by atoms with E-state index in [4.69, 9.17) is 17.5 Å². The third-order valence-corrected chi connectivity index (χ3v) is 2.96. The first-order chi connectivity index (χ1) is 8.46. The van der Waals surface area contributed by atoms with Gasteiger partial charge in [-0.2, -0.15) is 17.0 Å². The number of hydrogen-bond acceptors (Lipinski definition) is 4. The van der Waals surface area contributed by atoms with Gasteiger partial charge in [0.2, 0.25) is 0 Å². The van der Waals surface area contributed by atoms with E-state index in [-0.39, 0.29) is 11.9 Å². The lowest BCUT2D eigenvalue weighted by Gasteiger charge is -2.23. The number of carbonyl (C=O) groups is 1. The van der Waals surface area contributed by atoms with Crippen LogP contribution in [-0.4, -0.2) is 46.6 Å². The predicted molar refractivity (Wildman–Crippen MR) is 79.2 cm³/mol. The number of nitrogens with one attached hydrogen (secondary N) is 2. The molecule has 0 aliphatic rings. The molecule has 0 heterocycles. The van der Waals surface area contributed by atoms with Crippen molar-refractivity contribution in [3.63, 3.8) is 0 Å². The van der Waals surface area contributed by atoms with Crippen molar-refractivity contribution in [2.75, 3.05) is 18.6 Å². The van der Waals surface area contributed by atoms with Crippen LogP contribution in [0.2, 0.25) is 0 Å². The van der Waals surface area contributed by atoms with Crippen LogP contribution in [0.5, 0.6) is 0 Å². The minimum Gasteiger partial charge on any atom is -0.361 e. The molecule has 0 bridgehead atoms. The molecule has 0 aromatic heterocycles. The van der Waals surface area contributed by atoms with Crippen molar-refractivity contribution in [2.45, 2.75) is 32.9 Å². The number of likely N-dealkylation sites (N-methyl/N-ethyl adjacent to an activating group) is 1. The Morgan fingerprint density at radius 3 is 2.50 bits per heavy atom. The van der Waals surface area contributed by atoms with Gasteiger partial charge < -0.3 is 10.6 Å². The van der Waals surface area contributed by atoms with E-state index in [0.717, 1.165) is 4.90 Å². The van der Waals surface area contributed by atoms with Gasteiger partial charge in [0.15, 0.2) is 11.3 Å². The third kappa shape index (κ3) is 6.07. The molecule has 5 nitrogen and oxygen atoms in total. The first-order valence-electron chi connectivity index (χ1n) is 5.73. The van der Waals surface area contributed by atoms with Crippen molar-refractivity contribution in [1.82, 2.24) is 15.5 Å². The highest BCUT2D eigenvalue weighted by atomic mass is 32.2. The van der Waals surface area contributed by atoms with Crippen LogP contribution in [0.1, 0.15) is 20.8 Å². The zero-order chi connectivity index (χ0) is 14.1. The zero-order valence-electron chi connectivity index (χ0n) is 11.2. The highest BCUT2D eigenvalue weighted by molar-refractivity contribution is 7.98. The van der Waals surface area contributed by atoms with E-state index in [2.05, 4.69) is 10.6 Å². The minimum absolute atomic E-state index is 0.202. The second-order valence-corrected chi connectivity index (χ2v) is 5.28. The Bertz CT molecular complexity index is 327. The Kier molecular flexibility index (Phi) is 8.50. The molecule has 1 unspecified atom stereocenters. The van der Waals surface area contributed by atoms with Gasteiger partial charge in [-0.3, -0.25) is 4.79 Å². The minimum atomic E-state index is -0.474. The first kappa shape index (κ1) is 17.0. The normalized spacial score (nSPS) is 11.6. The molecule has 2 N–H and O–H groups in total. The topological polar surface area (TPSA) is 68.2 Å². The SMILES string of the molecule is CCN(C#N)C(=O)C(CSC)NC(=S)NC(C)C. The summed E-state index contributed by atoms with van der Waals surface area (Å²) in [6.07, 6.45) is 3.78. The van der Waals surface area contributed by atoms with E-state index in [0.29, 0.717) is 17.4 Å². The van der Waals surface area contributed by atoms with Crippen LogP contribution in [0.3, 0.4) is 0 Å². The maximum Gasteiger partial charge on any atom is 0.258 e. The molecule has 1 atom stereocenters. The number of nitrogens with zero attached hydrogens (tertiary/aromatic N) is 2. The van der Waals surface area contributed by atoms with Gasteiger partial charge in [-0.1, -0.05) is 0 Å². The van der Waals surface area contributed by atoms with Crippen LogP contribution in [0.15, 0.2) is 0 Å². The van der Waals surface area contributed by atoms with Crippen LogP contribution in [0.25, 0.3) is 0 Å². The number of thioether (sulfide) groups is 1. The van der Waals surface area contributed by atoms with Gasteiger partial charge in [0.1, 0.15) is 6.04 Å². The Labute approximate surface area is 118 Å². The fourth-order valence-electron chi connectivity index (χ4n) is 1.27. The van der Waals surface area contributed by atoms with E-state index in [1.807, 2.05) is 26.3 Å². The lowest BCUT2D eigenvalue weighted by atomic mass is 10.3. The van der Waals surface area contributed by atoms with E-state index in [1.54, 1.807) is 6.92 Å². The molecule has 0 spiro atoms. The molecule has 0 aromatic carbocycles. The summed E-state index contributed by atoms with van der Waals surface area (Å²) in [4.78, 5) is 13.2. The molecule has 0 saturated carbocycles. The summed E-state index contributed by atoms with van der Waals surface area (Å²) < 4.78 is 0. The lowest BCUT2D eigenvalue weighted by molar-refractivity contribution is -0.129. The van der Waals surface area contributed by atoms with E-state index >= 15 is 0 Å². The van der Waals surface area contributed by atoms with Crippen molar-refractivity contribution < 1.29 is 4.79 Å². The molecular formula is C11H20N4OS2. The summed E-state index contributed by atoms with van der Waals surface area (Å²) >= 11 is 6.64. The third-order valence-electron chi connectivity index (χ3n) is 2.06. The smallest absolute Gasteiger partial charge is 0.258 e. The second kappa shape index (κ2) is 9.00. The van der Waals surface area contributed by atoms with Gasteiger partial charge in [0.05, 0.1) is 0 Å². The average Bonchev–Trinajstić information content (AvgIpc) is 2.28. The van der Waals surface area contributed by atoms with Gasteiger partial charge in [-0.25, -0.2) is 4.90 Å². The summed E-state index contributed by atoms with van der Waals surface area (Å²) in [6.45, 7) is 6.06. The van der Waals surface area contributed by atoms with Crippen LogP contribution in [-0.2, 0) is 4.79 Å². The number of nitriles is 1. The van der Waals surface area contributed by atoms with Gasteiger partial charge >= 0.3 is 0 Å². The average molecular weight is 288 g/mol. The summed E-state index contributed by atoms with van der Waals surface area (Å²) in [6, 6.07) is -0.272. The predicted octanol–water partition coefficient (Wildman–Crippen LogP) is 0.920. The quantitative estimate of drug-likeness (QED) is 0.430. The number of hydrogen-bond donors (Lipinski definition) is 2. The maximum atomic E-state index is 12.1. The summed E-state index contributed by atoms with van der Waals surface area (Å²) in [5, 5.41) is 15.3. The fourth-order valence-corrected chi connectivity index (χ4v) is 2.20. The number of thiocarbonyl (C=S) groups is 1. The Morgan fingerprint density at radius 2 is 2.11 bits per heavy atom. The van der Waals surface area contributed by atoms with Gasteiger partial charge in [-0.15, -0.1) is 0 Å². The second-order valence-electron chi connectivity index (χ2n) is 3.96. The van der Waals surface area contributed by atoms with Crippen molar-refractivity contribution in [2.24, 2.45) is 0 Å². The molecule has 18 heavy (non-hydrogen) atoms. The van der Waals surface area contributed by atoms with Crippen LogP contribution >= 0.6 is 24.0 Å². The maximum absolute atomic E-state index is 12.1. The fraction of sp³-hybridized carbons (Fsp3) is 0.727. The molecule has 7 heteroatoms. The highest BCUT2D eigenvalue weighted by Gasteiger charge is 2.23. The highest BCUT2D eigenvalue weighted by Crippen LogP contribution is 2.02. The number of carbonyl (C=O) groups excluding carboxylic acids is 1. The molecule has 0 fully saturated rings. The molecule has 0 aliphatic heterocycles. The van der Waals surface area contributed by atoms with Gasteiger partial charge in [0, 0.05) is 18.3 Å². The largest absolute Gasteiger partial charge is 0.361 e. The molecule has 1 amide bonds. The van der Waals surface area contributed by atoms with Crippen molar-refractivity contribution in [1.29, 1.82) is 5.26 Å². The van der Waals surface area contributed by atoms with E-state index < -0.39 is 6.04 Å². The molecule has 0 aliphatic carbocycles. The zero-order valence-corrected chi connectivity index (χ0v) is 12.8. The van der Waals surface area contributed by atoms with E-state index in [1.165, 1.54) is 11.8 Å². The molecule has 0 rings (SSSR count). The molecule has 0 radical (unpaired) electrons. The first-order valence-corrected chi connectivity index (χ1v) is 7.53. The van der Waals surface area contributed by atoms with Crippen LogP contribution in [0, 0.1) is 11.5 Å². The van der Waals surface area contributed by atoms with Gasteiger partial charge in [0.25, 0.3) is 5.91 Å². The number of rotatable bonds is 6. The van der Waals surface area contributed by atoms with Crippen molar-refractivity contribution >= 4 is 35.0 Å². The molecule has 0 saturated heterocycles. The molecule has 0 aromatic rings. The summed E-state index contributed by atoms with van der Waals surface area (Å²) in [7, 11) is 0. The van der Waals surface area contributed by atoms with Crippen LogP contribution in [0.4, 0.5) is 0 Å².